The van der Waals surface area contributed by atoms with Crippen LogP contribution in [0.5, 0.6) is 0 Å². The van der Waals surface area contributed by atoms with Crippen molar-refractivity contribution < 1.29 is 4.74 Å². The Bertz CT molecular complexity index is 658. The van der Waals surface area contributed by atoms with E-state index in [0.29, 0.717) is 19.1 Å². The summed E-state index contributed by atoms with van der Waals surface area (Å²) < 4.78 is 7.44. The van der Waals surface area contributed by atoms with Crippen LogP contribution in [0.25, 0.3) is 0 Å². The van der Waals surface area contributed by atoms with Crippen LogP contribution in [0.2, 0.25) is 0 Å². The zero-order valence-electron chi connectivity index (χ0n) is 13.8. The van der Waals surface area contributed by atoms with E-state index < -0.39 is 0 Å². The number of hydrogen-bond acceptors (Lipinski definition) is 3. The molecule has 24 heavy (non-hydrogen) atoms. The number of morpholine rings is 1. The molecule has 7 heteroatoms. The Hall–Kier alpha value is -1.61. The van der Waals surface area contributed by atoms with Gasteiger partial charge in [0.05, 0.1) is 31.5 Å². The van der Waals surface area contributed by atoms with Crippen LogP contribution in [0, 0.1) is 0 Å². The van der Waals surface area contributed by atoms with Crippen LogP contribution >= 0.6 is 24.0 Å². The van der Waals surface area contributed by atoms with E-state index in [1.54, 1.807) is 0 Å². The minimum absolute atomic E-state index is 0. The Morgan fingerprint density at radius 3 is 2.88 bits per heavy atom. The Kier molecular flexibility index (Phi) is 7.04. The number of aliphatic imine (C=N–C) groups is 1. The third kappa shape index (κ3) is 5.20. The molecule has 1 aromatic heterocycles. The second-order valence-electron chi connectivity index (χ2n) is 5.79. The average molecular weight is 441 g/mol. The topological polar surface area (TPSA) is 68.7 Å². The van der Waals surface area contributed by atoms with E-state index in [4.69, 9.17) is 10.5 Å². The van der Waals surface area contributed by atoms with Gasteiger partial charge >= 0.3 is 0 Å². The lowest BCUT2D eigenvalue weighted by Crippen LogP contribution is -2.47. The van der Waals surface area contributed by atoms with Crippen LogP contribution in [-0.2, 0) is 17.8 Å². The Morgan fingerprint density at radius 1 is 1.33 bits per heavy atom. The summed E-state index contributed by atoms with van der Waals surface area (Å²) in [4.78, 5) is 6.53. The van der Waals surface area contributed by atoms with Crippen LogP contribution in [0.1, 0.15) is 18.2 Å². The normalized spacial score (nSPS) is 18.3. The van der Waals surface area contributed by atoms with Crippen LogP contribution in [0.4, 0.5) is 0 Å². The quantitative estimate of drug-likeness (QED) is 0.448. The number of nitrogens with zero attached hydrogens (tertiary/aromatic N) is 4. The molecule has 1 aromatic carbocycles. The lowest BCUT2D eigenvalue weighted by Gasteiger charge is -2.31. The first kappa shape index (κ1) is 18.7. The zero-order valence-corrected chi connectivity index (χ0v) is 16.2. The maximum atomic E-state index is 6.07. The molecule has 1 saturated heterocycles. The Balaban J connectivity index is 0.00000208. The van der Waals surface area contributed by atoms with Crippen molar-refractivity contribution in [3.63, 3.8) is 0 Å². The lowest BCUT2D eigenvalue weighted by atomic mass is 10.2. The zero-order chi connectivity index (χ0) is 16.1. The van der Waals surface area contributed by atoms with E-state index in [2.05, 4.69) is 27.1 Å². The molecule has 1 aliphatic rings. The van der Waals surface area contributed by atoms with Gasteiger partial charge in [-0.1, -0.05) is 30.3 Å². The molecular weight excluding hydrogens is 417 g/mol. The van der Waals surface area contributed by atoms with Crippen molar-refractivity contribution in [3.8, 4) is 0 Å². The summed E-state index contributed by atoms with van der Waals surface area (Å²) in [6.07, 6.45) is 2.17. The second kappa shape index (κ2) is 9.03. The van der Waals surface area contributed by atoms with Gasteiger partial charge in [0.25, 0.3) is 0 Å². The molecule has 0 spiro atoms. The number of benzene rings is 1. The molecular formula is C17H24IN5O. The molecule has 1 fully saturated rings. The molecule has 6 nitrogen and oxygen atoms in total. The molecule has 2 heterocycles. The maximum absolute atomic E-state index is 6.07. The third-order valence-corrected chi connectivity index (χ3v) is 3.85. The molecule has 2 N–H and O–H groups in total. The summed E-state index contributed by atoms with van der Waals surface area (Å²) in [6, 6.07) is 12.3. The summed E-state index contributed by atoms with van der Waals surface area (Å²) in [5, 5.41) is 4.55. The van der Waals surface area contributed by atoms with Gasteiger partial charge in [-0.3, -0.25) is 4.68 Å². The number of rotatable bonds is 4. The molecule has 0 aliphatic carbocycles. The van der Waals surface area contributed by atoms with E-state index >= 15 is 0 Å². The molecule has 0 radical (unpaired) electrons. The number of ether oxygens (including phenoxy) is 1. The molecule has 1 aliphatic heterocycles. The standard InChI is InChI=1S/C17H23N5O.HI/c1-14-12-21(9-10-23-14)17(18)19-11-16-7-8-22(20-16)13-15-5-3-2-4-6-15;/h2-8,14H,9-13H2,1H3,(H2,18,19);1H. The first-order chi connectivity index (χ1) is 11.2. The van der Waals surface area contributed by atoms with Crippen molar-refractivity contribution >= 4 is 29.9 Å². The van der Waals surface area contributed by atoms with Gasteiger partial charge in [-0.05, 0) is 18.6 Å². The van der Waals surface area contributed by atoms with Crippen molar-refractivity contribution in [1.29, 1.82) is 0 Å². The monoisotopic (exact) mass is 441 g/mol. The third-order valence-electron chi connectivity index (χ3n) is 3.85. The first-order valence-corrected chi connectivity index (χ1v) is 7.93. The highest BCUT2D eigenvalue weighted by Crippen LogP contribution is 2.06. The maximum Gasteiger partial charge on any atom is 0.191 e. The fraction of sp³-hybridized carbons (Fsp3) is 0.412. The summed E-state index contributed by atoms with van der Waals surface area (Å²) in [5.74, 6) is 0.567. The average Bonchev–Trinajstić information content (AvgIpc) is 3.01. The smallest absolute Gasteiger partial charge is 0.191 e. The van der Waals surface area contributed by atoms with Crippen LogP contribution in [0.15, 0.2) is 47.6 Å². The predicted octanol–water partition coefficient (Wildman–Crippen LogP) is 2.08. The minimum atomic E-state index is 0. The molecule has 0 saturated carbocycles. The Labute approximate surface area is 159 Å². The van der Waals surface area contributed by atoms with Crippen molar-refractivity contribution in [2.75, 3.05) is 19.7 Å². The van der Waals surface area contributed by atoms with Crippen molar-refractivity contribution in [2.24, 2.45) is 10.7 Å². The highest BCUT2D eigenvalue weighted by atomic mass is 127. The molecule has 0 bridgehead atoms. The van der Waals surface area contributed by atoms with Crippen LogP contribution in [0.3, 0.4) is 0 Å². The van der Waals surface area contributed by atoms with Gasteiger partial charge in [0.1, 0.15) is 0 Å². The highest BCUT2D eigenvalue weighted by molar-refractivity contribution is 14.0. The number of hydrogen-bond donors (Lipinski definition) is 1. The predicted molar refractivity (Wildman–Crippen MR) is 105 cm³/mol. The van der Waals surface area contributed by atoms with Crippen LogP contribution < -0.4 is 5.73 Å². The molecule has 3 rings (SSSR count). The van der Waals surface area contributed by atoms with Crippen LogP contribution in [-0.4, -0.2) is 46.4 Å². The van der Waals surface area contributed by atoms with Gasteiger partial charge in [-0.15, -0.1) is 24.0 Å². The van der Waals surface area contributed by atoms with Crippen molar-refractivity contribution in [3.05, 3.63) is 53.9 Å². The lowest BCUT2D eigenvalue weighted by molar-refractivity contribution is 0.00528. The van der Waals surface area contributed by atoms with Crippen molar-refractivity contribution in [1.82, 2.24) is 14.7 Å². The highest BCUT2D eigenvalue weighted by Gasteiger charge is 2.17. The summed E-state index contributed by atoms with van der Waals surface area (Å²) >= 11 is 0. The minimum Gasteiger partial charge on any atom is -0.375 e. The summed E-state index contributed by atoms with van der Waals surface area (Å²) in [5.41, 5.74) is 8.23. The van der Waals surface area contributed by atoms with E-state index in [9.17, 15) is 0 Å². The van der Waals surface area contributed by atoms with Gasteiger partial charge in [0.2, 0.25) is 0 Å². The second-order valence-corrected chi connectivity index (χ2v) is 5.79. The number of guanidine groups is 1. The molecule has 1 unspecified atom stereocenters. The Morgan fingerprint density at radius 2 is 2.12 bits per heavy atom. The van der Waals surface area contributed by atoms with Gasteiger partial charge < -0.3 is 15.4 Å². The molecule has 0 amide bonds. The van der Waals surface area contributed by atoms with E-state index in [-0.39, 0.29) is 30.1 Å². The van der Waals surface area contributed by atoms with Gasteiger partial charge in [0, 0.05) is 19.3 Å². The summed E-state index contributed by atoms with van der Waals surface area (Å²) in [7, 11) is 0. The molecule has 1 atom stereocenters. The first-order valence-electron chi connectivity index (χ1n) is 7.93. The fourth-order valence-corrected chi connectivity index (χ4v) is 2.64. The summed E-state index contributed by atoms with van der Waals surface area (Å²) in [6.45, 7) is 5.59. The SMILES string of the molecule is CC1CN(C(N)=NCc2ccn(Cc3ccccc3)n2)CCO1.I. The number of nitrogens with two attached hydrogens (primary N) is 1. The van der Waals surface area contributed by atoms with Gasteiger partial charge in [-0.25, -0.2) is 4.99 Å². The fourth-order valence-electron chi connectivity index (χ4n) is 2.64. The van der Waals surface area contributed by atoms with E-state index in [1.165, 1.54) is 5.56 Å². The largest absolute Gasteiger partial charge is 0.375 e. The molecule has 2 aromatic rings. The van der Waals surface area contributed by atoms with Gasteiger partial charge in [-0.2, -0.15) is 5.10 Å². The number of aromatic nitrogens is 2. The van der Waals surface area contributed by atoms with Gasteiger partial charge in [0.15, 0.2) is 5.96 Å². The number of halogens is 1. The van der Waals surface area contributed by atoms with E-state index in [1.807, 2.05) is 42.1 Å². The molecule has 130 valence electrons. The van der Waals surface area contributed by atoms with Crippen molar-refractivity contribution in [2.45, 2.75) is 26.1 Å². The van der Waals surface area contributed by atoms with E-state index in [0.717, 1.165) is 25.3 Å².